The topological polar surface area (TPSA) is 59.9 Å². The standard InChI is InChI=1S/C20H15F2N3O2/c1-27-18-9-15(22)6-7-16(18)13-8-17-19(23-10-13)24-20(26)25(17)11-12-2-4-14(21)5-3-12/h2-10H,11H2,1H3,(H,23,24,26). The van der Waals surface area contributed by atoms with Crippen LogP contribution in [-0.2, 0) is 6.54 Å². The third kappa shape index (κ3) is 3.19. The fourth-order valence-electron chi connectivity index (χ4n) is 3.01. The van der Waals surface area contributed by atoms with Gasteiger partial charge in [0.15, 0.2) is 5.65 Å². The molecule has 5 nitrogen and oxygen atoms in total. The lowest BCUT2D eigenvalue weighted by Crippen LogP contribution is -2.17. The predicted molar refractivity (Wildman–Crippen MR) is 97.8 cm³/mol. The first kappa shape index (κ1) is 17.0. The molecule has 0 radical (unpaired) electrons. The summed E-state index contributed by atoms with van der Waals surface area (Å²) in [5, 5.41) is 0. The van der Waals surface area contributed by atoms with E-state index >= 15 is 0 Å². The van der Waals surface area contributed by atoms with Crippen LogP contribution >= 0.6 is 0 Å². The molecule has 1 N–H and O–H groups in total. The van der Waals surface area contributed by atoms with Crippen molar-refractivity contribution in [1.29, 1.82) is 0 Å². The molecule has 0 atom stereocenters. The summed E-state index contributed by atoms with van der Waals surface area (Å²) in [6.07, 6.45) is 1.59. The molecule has 2 heterocycles. The van der Waals surface area contributed by atoms with Gasteiger partial charge in [0.05, 0.1) is 19.2 Å². The Bertz CT molecular complexity index is 1180. The Morgan fingerprint density at radius 3 is 2.56 bits per heavy atom. The molecule has 4 aromatic rings. The van der Waals surface area contributed by atoms with Gasteiger partial charge in [-0.15, -0.1) is 0 Å². The van der Waals surface area contributed by atoms with Crippen molar-refractivity contribution in [1.82, 2.24) is 14.5 Å². The Morgan fingerprint density at radius 2 is 1.81 bits per heavy atom. The number of aromatic amines is 1. The number of H-pyrrole nitrogens is 1. The van der Waals surface area contributed by atoms with Gasteiger partial charge in [-0.2, -0.15) is 0 Å². The van der Waals surface area contributed by atoms with Crippen molar-refractivity contribution in [2.24, 2.45) is 0 Å². The first-order valence-electron chi connectivity index (χ1n) is 8.22. The number of nitrogens with one attached hydrogen (secondary N) is 1. The Hall–Kier alpha value is -3.48. The highest BCUT2D eigenvalue weighted by atomic mass is 19.1. The Balaban J connectivity index is 1.82. The van der Waals surface area contributed by atoms with Crippen LogP contribution in [0.2, 0.25) is 0 Å². The van der Waals surface area contributed by atoms with Gasteiger partial charge in [-0.3, -0.25) is 9.55 Å². The number of ether oxygens (including phenoxy) is 1. The molecular weight excluding hydrogens is 352 g/mol. The number of imidazole rings is 1. The van der Waals surface area contributed by atoms with Crippen LogP contribution in [0.4, 0.5) is 8.78 Å². The number of pyridine rings is 1. The highest BCUT2D eigenvalue weighted by molar-refractivity contribution is 5.80. The molecule has 27 heavy (non-hydrogen) atoms. The van der Waals surface area contributed by atoms with Gasteiger partial charge in [-0.05, 0) is 35.9 Å². The van der Waals surface area contributed by atoms with E-state index in [1.807, 2.05) is 0 Å². The molecule has 0 aliphatic carbocycles. The molecule has 0 saturated heterocycles. The zero-order valence-electron chi connectivity index (χ0n) is 14.4. The molecular formula is C20H15F2N3O2. The lowest BCUT2D eigenvalue weighted by atomic mass is 10.1. The average Bonchev–Trinajstić information content (AvgIpc) is 2.98. The molecule has 0 saturated carbocycles. The molecule has 0 aliphatic heterocycles. The molecule has 0 spiro atoms. The van der Waals surface area contributed by atoms with Crippen LogP contribution < -0.4 is 10.4 Å². The van der Waals surface area contributed by atoms with E-state index < -0.39 is 5.82 Å². The largest absolute Gasteiger partial charge is 0.496 e. The van der Waals surface area contributed by atoms with Crippen LogP contribution in [0.3, 0.4) is 0 Å². The van der Waals surface area contributed by atoms with Crippen molar-refractivity contribution < 1.29 is 13.5 Å². The van der Waals surface area contributed by atoms with Crippen molar-refractivity contribution in [3.05, 3.63) is 82.4 Å². The normalized spacial score (nSPS) is 11.1. The van der Waals surface area contributed by atoms with Gasteiger partial charge in [-0.1, -0.05) is 12.1 Å². The van der Waals surface area contributed by atoms with Gasteiger partial charge in [0.2, 0.25) is 0 Å². The lowest BCUT2D eigenvalue weighted by Gasteiger charge is -2.09. The third-order valence-electron chi connectivity index (χ3n) is 4.36. The Kier molecular flexibility index (Phi) is 4.19. The Morgan fingerprint density at radius 1 is 1.07 bits per heavy atom. The highest BCUT2D eigenvalue weighted by Crippen LogP contribution is 2.31. The number of rotatable bonds is 4. The number of halogens is 2. The molecule has 4 rings (SSSR count). The van der Waals surface area contributed by atoms with Gasteiger partial charge >= 0.3 is 5.69 Å². The summed E-state index contributed by atoms with van der Waals surface area (Å²) in [5.74, 6) is -0.365. The number of nitrogens with zero attached hydrogens (tertiary/aromatic N) is 2. The van der Waals surface area contributed by atoms with Crippen molar-refractivity contribution in [2.45, 2.75) is 6.54 Å². The summed E-state index contributed by atoms with van der Waals surface area (Å²) < 4.78 is 33.4. The molecule has 0 bridgehead atoms. The number of benzene rings is 2. The van der Waals surface area contributed by atoms with Gasteiger partial charge in [0, 0.05) is 23.4 Å². The number of hydrogen-bond acceptors (Lipinski definition) is 3. The zero-order valence-corrected chi connectivity index (χ0v) is 14.4. The minimum atomic E-state index is -0.403. The maximum absolute atomic E-state index is 13.5. The first-order valence-corrected chi connectivity index (χ1v) is 8.22. The average molecular weight is 367 g/mol. The lowest BCUT2D eigenvalue weighted by molar-refractivity contribution is 0.413. The number of methoxy groups -OCH3 is 1. The molecule has 0 unspecified atom stereocenters. The minimum Gasteiger partial charge on any atom is -0.496 e. The van der Waals surface area contributed by atoms with E-state index in [9.17, 15) is 13.6 Å². The van der Waals surface area contributed by atoms with Gasteiger partial charge in [0.25, 0.3) is 0 Å². The smallest absolute Gasteiger partial charge is 0.327 e. The molecule has 0 aliphatic rings. The van der Waals surface area contributed by atoms with E-state index in [1.165, 1.54) is 35.9 Å². The maximum Gasteiger partial charge on any atom is 0.327 e. The molecule has 2 aromatic carbocycles. The van der Waals surface area contributed by atoms with Crippen LogP contribution in [0.5, 0.6) is 5.75 Å². The summed E-state index contributed by atoms with van der Waals surface area (Å²) in [7, 11) is 1.46. The Labute approximate surface area is 152 Å². The fourth-order valence-corrected chi connectivity index (χ4v) is 3.01. The predicted octanol–water partition coefficient (Wildman–Crippen LogP) is 3.73. The zero-order chi connectivity index (χ0) is 19.0. The summed E-state index contributed by atoms with van der Waals surface area (Å²) in [4.78, 5) is 19.4. The second-order valence-electron chi connectivity index (χ2n) is 6.08. The van der Waals surface area contributed by atoms with Crippen LogP contribution in [0.1, 0.15) is 5.56 Å². The SMILES string of the molecule is COc1cc(F)ccc1-c1cnc2[nH]c(=O)n(Cc3ccc(F)cc3)c2c1. The van der Waals surface area contributed by atoms with E-state index in [0.717, 1.165) is 5.56 Å². The third-order valence-corrected chi connectivity index (χ3v) is 4.36. The van der Waals surface area contributed by atoms with E-state index in [4.69, 9.17) is 4.74 Å². The first-order chi connectivity index (χ1) is 13.0. The second-order valence-corrected chi connectivity index (χ2v) is 6.08. The fraction of sp³-hybridized carbons (Fsp3) is 0.100. The van der Waals surface area contributed by atoms with Crippen molar-refractivity contribution in [3.8, 4) is 16.9 Å². The summed E-state index contributed by atoms with van der Waals surface area (Å²) >= 11 is 0. The van der Waals surface area contributed by atoms with Gasteiger partial charge in [0.1, 0.15) is 17.4 Å². The quantitative estimate of drug-likeness (QED) is 0.598. The molecule has 7 heteroatoms. The van der Waals surface area contributed by atoms with Crippen LogP contribution in [0, 0.1) is 11.6 Å². The minimum absolute atomic E-state index is 0.269. The van der Waals surface area contributed by atoms with Gasteiger partial charge < -0.3 is 4.74 Å². The molecule has 0 fully saturated rings. The van der Waals surface area contributed by atoms with E-state index in [0.29, 0.717) is 28.0 Å². The van der Waals surface area contributed by atoms with Crippen molar-refractivity contribution in [3.63, 3.8) is 0 Å². The molecule has 2 aromatic heterocycles. The highest BCUT2D eigenvalue weighted by Gasteiger charge is 2.13. The van der Waals surface area contributed by atoms with Crippen molar-refractivity contribution in [2.75, 3.05) is 7.11 Å². The summed E-state index contributed by atoms with van der Waals surface area (Å²) in [6.45, 7) is 0.269. The van der Waals surface area contributed by atoms with E-state index in [1.54, 1.807) is 30.5 Å². The second kappa shape index (κ2) is 6.68. The maximum atomic E-state index is 13.5. The summed E-state index contributed by atoms with van der Waals surface area (Å²) in [6, 6.07) is 12.0. The van der Waals surface area contributed by atoms with Gasteiger partial charge in [-0.25, -0.2) is 18.6 Å². The number of hydrogen-bond donors (Lipinski definition) is 1. The molecule has 0 amide bonds. The van der Waals surface area contributed by atoms with Crippen LogP contribution in [0.25, 0.3) is 22.3 Å². The summed E-state index contributed by atoms with van der Waals surface area (Å²) in [5.41, 5.74) is 2.84. The molecule has 136 valence electrons. The van der Waals surface area contributed by atoms with Crippen LogP contribution in [0.15, 0.2) is 59.5 Å². The number of fused-ring (bicyclic) bond motifs is 1. The van der Waals surface area contributed by atoms with Crippen molar-refractivity contribution >= 4 is 11.2 Å². The number of aromatic nitrogens is 3. The van der Waals surface area contributed by atoms with Crippen LogP contribution in [-0.4, -0.2) is 21.6 Å². The monoisotopic (exact) mass is 367 g/mol. The van der Waals surface area contributed by atoms with E-state index in [2.05, 4.69) is 9.97 Å². The van der Waals surface area contributed by atoms with E-state index in [-0.39, 0.29) is 18.1 Å².